The molecule has 1 aliphatic carbocycles. The van der Waals surface area contributed by atoms with E-state index < -0.39 is 0 Å². The van der Waals surface area contributed by atoms with Crippen molar-refractivity contribution in [1.82, 2.24) is 0 Å². The second kappa shape index (κ2) is 4.97. The third-order valence-electron chi connectivity index (χ3n) is 3.70. The first kappa shape index (κ1) is 14.1. The molecule has 100 valence electrons. The van der Waals surface area contributed by atoms with E-state index in [1.165, 1.54) is 5.57 Å². The van der Waals surface area contributed by atoms with Crippen molar-refractivity contribution in [2.75, 3.05) is 0 Å². The number of hydrogen-bond acceptors (Lipinski definition) is 3. The van der Waals surface area contributed by atoms with E-state index in [1.807, 2.05) is 0 Å². The van der Waals surface area contributed by atoms with E-state index in [1.54, 1.807) is 11.8 Å². The normalized spacial score (nSPS) is 30.5. The van der Waals surface area contributed by atoms with Gasteiger partial charge in [0.05, 0.1) is 10.2 Å². The van der Waals surface area contributed by atoms with Crippen LogP contribution in [0.2, 0.25) is 0 Å². The van der Waals surface area contributed by atoms with E-state index in [2.05, 4.69) is 20.8 Å². The Morgan fingerprint density at radius 2 is 2.17 bits per heavy atom. The number of carbonyl (C=O) groups is 1. The van der Waals surface area contributed by atoms with Crippen LogP contribution in [0.1, 0.15) is 46.5 Å². The Morgan fingerprint density at radius 3 is 2.72 bits per heavy atom. The van der Waals surface area contributed by atoms with Gasteiger partial charge in [0.15, 0.2) is 5.78 Å². The summed E-state index contributed by atoms with van der Waals surface area (Å²) < 4.78 is 0. The highest BCUT2D eigenvalue weighted by Crippen LogP contribution is 2.50. The Balaban J connectivity index is 2.39. The van der Waals surface area contributed by atoms with Crippen LogP contribution < -0.4 is 5.73 Å². The molecule has 0 aromatic heterocycles. The zero-order valence-electron chi connectivity index (χ0n) is 11.3. The first-order chi connectivity index (χ1) is 8.35. The van der Waals surface area contributed by atoms with Gasteiger partial charge in [-0.3, -0.25) is 4.79 Å². The van der Waals surface area contributed by atoms with Crippen LogP contribution in [-0.4, -0.2) is 21.3 Å². The van der Waals surface area contributed by atoms with Gasteiger partial charge in [-0.15, -0.1) is 11.8 Å². The maximum Gasteiger partial charge on any atom is 0.160 e. The topological polar surface area (TPSA) is 43.1 Å². The smallest absolute Gasteiger partial charge is 0.160 e. The highest BCUT2D eigenvalue weighted by atomic mass is 32.2. The van der Waals surface area contributed by atoms with Crippen LogP contribution in [0.25, 0.3) is 0 Å². The van der Waals surface area contributed by atoms with Gasteiger partial charge < -0.3 is 5.73 Å². The van der Waals surface area contributed by atoms with Crippen molar-refractivity contribution >= 4 is 34.8 Å². The average molecular weight is 283 g/mol. The molecular formula is C14H21NOS2. The Kier molecular flexibility index (Phi) is 3.88. The number of nitrogens with two attached hydrogens (primary N) is 1. The second-order valence-electron chi connectivity index (χ2n) is 6.08. The minimum atomic E-state index is 0.0562. The number of thioether (sulfide) groups is 1. The van der Waals surface area contributed by atoms with Crippen molar-refractivity contribution in [2.24, 2.45) is 11.1 Å². The number of carbonyl (C=O) groups excluding carboxylic acids is 1. The summed E-state index contributed by atoms with van der Waals surface area (Å²) in [6, 6.07) is 0. The van der Waals surface area contributed by atoms with E-state index in [0.717, 1.165) is 24.8 Å². The molecule has 1 aliphatic heterocycles. The number of ketones is 1. The molecule has 0 aromatic carbocycles. The maximum absolute atomic E-state index is 12.4. The summed E-state index contributed by atoms with van der Waals surface area (Å²) in [6.45, 7) is 6.47. The van der Waals surface area contributed by atoms with Crippen LogP contribution in [0.15, 0.2) is 11.1 Å². The van der Waals surface area contributed by atoms with E-state index in [0.29, 0.717) is 22.4 Å². The third kappa shape index (κ3) is 2.50. The predicted molar refractivity (Wildman–Crippen MR) is 81.9 cm³/mol. The zero-order valence-corrected chi connectivity index (χ0v) is 12.9. The zero-order chi connectivity index (χ0) is 13.5. The minimum absolute atomic E-state index is 0.0562. The van der Waals surface area contributed by atoms with Crippen molar-refractivity contribution in [1.29, 1.82) is 0 Å². The van der Waals surface area contributed by atoms with Crippen LogP contribution in [0.5, 0.6) is 0 Å². The molecule has 0 bridgehead atoms. The Labute approximate surface area is 119 Å². The molecule has 2 rings (SSSR count). The summed E-state index contributed by atoms with van der Waals surface area (Å²) >= 11 is 6.98. The monoisotopic (exact) mass is 283 g/mol. The summed E-state index contributed by atoms with van der Waals surface area (Å²) in [6.07, 6.45) is 3.77. The lowest BCUT2D eigenvalue weighted by Crippen LogP contribution is -2.31. The summed E-state index contributed by atoms with van der Waals surface area (Å²) in [7, 11) is 0. The quantitative estimate of drug-likeness (QED) is 0.808. The number of rotatable bonds is 3. The number of thiocarbonyl (C=S) groups is 1. The van der Waals surface area contributed by atoms with Crippen molar-refractivity contribution in [2.45, 2.75) is 57.0 Å². The number of hydrogen-bond donors (Lipinski definition) is 1. The fourth-order valence-corrected chi connectivity index (χ4v) is 4.97. The van der Waals surface area contributed by atoms with E-state index >= 15 is 0 Å². The van der Waals surface area contributed by atoms with Gasteiger partial charge in [-0.1, -0.05) is 39.4 Å². The van der Waals surface area contributed by atoms with Gasteiger partial charge in [-0.05, 0) is 23.8 Å². The summed E-state index contributed by atoms with van der Waals surface area (Å²) in [4.78, 5) is 12.9. The second-order valence-corrected chi connectivity index (χ2v) is 7.86. The summed E-state index contributed by atoms with van der Waals surface area (Å²) in [5.41, 5.74) is 8.20. The molecule has 1 heterocycles. The van der Waals surface area contributed by atoms with Gasteiger partial charge in [0.1, 0.15) is 0 Å². The molecule has 0 aromatic rings. The van der Waals surface area contributed by atoms with E-state index in [4.69, 9.17) is 18.0 Å². The molecule has 0 amide bonds. The van der Waals surface area contributed by atoms with Gasteiger partial charge in [0, 0.05) is 17.2 Å². The first-order valence-electron chi connectivity index (χ1n) is 6.56. The standard InChI is InChI=1S/C14H21NOS2/c1-4-5-10-11-8(12(18-10)13(15)17)6-14(2,3)7-9(11)16/h10,12H,4-7H2,1-3H3,(H2,15,17). The largest absolute Gasteiger partial charge is 0.392 e. The van der Waals surface area contributed by atoms with E-state index in [-0.39, 0.29) is 10.7 Å². The molecule has 0 radical (unpaired) electrons. The molecule has 0 spiro atoms. The van der Waals surface area contributed by atoms with Gasteiger partial charge in [-0.25, -0.2) is 0 Å². The molecule has 0 saturated carbocycles. The fourth-order valence-electron chi connectivity index (χ4n) is 3.03. The lowest BCUT2D eigenvalue weighted by Gasteiger charge is -2.31. The Hall–Kier alpha value is -0.350. The molecule has 2 unspecified atom stereocenters. The lowest BCUT2D eigenvalue weighted by atomic mass is 9.72. The van der Waals surface area contributed by atoms with Crippen LogP contribution in [-0.2, 0) is 4.79 Å². The highest BCUT2D eigenvalue weighted by Gasteiger charge is 2.44. The fraction of sp³-hybridized carbons (Fsp3) is 0.714. The molecule has 18 heavy (non-hydrogen) atoms. The lowest BCUT2D eigenvalue weighted by molar-refractivity contribution is -0.118. The van der Waals surface area contributed by atoms with Crippen molar-refractivity contribution in [3.63, 3.8) is 0 Å². The average Bonchev–Trinajstić information content (AvgIpc) is 2.55. The molecule has 0 saturated heterocycles. The Bertz CT molecular complexity index is 426. The predicted octanol–water partition coefficient (Wildman–Crippen LogP) is 3.24. The van der Waals surface area contributed by atoms with Crippen molar-refractivity contribution in [3.8, 4) is 0 Å². The first-order valence-corrected chi connectivity index (χ1v) is 7.91. The Morgan fingerprint density at radius 1 is 1.50 bits per heavy atom. The highest BCUT2D eigenvalue weighted by molar-refractivity contribution is 8.03. The molecule has 2 nitrogen and oxygen atoms in total. The van der Waals surface area contributed by atoms with Crippen LogP contribution in [0, 0.1) is 5.41 Å². The SMILES string of the molecule is CCCC1SC(C(N)=S)C2=C1C(=O)CC(C)(C)C2. The summed E-state index contributed by atoms with van der Waals surface area (Å²) in [5, 5.41) is 0.412. The van der Waals surface area contributed by atoms with Gasteiger partial charge in [0.25, 0.3) is 0 Å². The maximum atomic E-state index is 12.4. The molecule has 2 N–H and O–H groups in total. The van der Waals surface area contributed by atoms with Crippen molar-refractivity contribution < 1.29 is 4.79 Å². The molecular weight excluding hydrogens is 262 g/mol. The van der Waals surface area contributed by atoms with Crippen molar-refractivity contribution in [3.05, 3.63) is 11.1 Å². The van der Waals surface area contributed by atoms with Crippen LogP contribution in [0.4, 0.5) is 0 Å². The van der Waals surface area contributed by atoms with Gasteiger partial charge in [0.2, 0.25) is 0 Å². The van der Waals surface area contributed by atoms with Gasteiger partial charge >= 0.3 is 0 Å². The van der Waals surface area contributed by atoms with Crippen LogP contribution >= 0.6 is 24.0 Å². The molecule has 2 atom stereocenters. The van der Waals surface area contributed by atoms with Crippen LogP contribution in [0.3, 0.4) is 0 Å². The minimum Gasteiger partial charge on any atom is -0.392 e. The molecule has 2 aliphatic rings. The molecule has 4 heteroatoms. The molecule has 0 fully saturated rings. The summed E-state index contributed by atoms with van der Waals surface area (Å²) in [5.74, 6) is 0.325. The third-order valence-corrected chi connectivity index (χ3v) is 5.70. The van der Waals surface area contributed by atoms with E-state index in [9.17, 15) is 4.79 Å². The number of Topliss-reactive ketones (excluding diaryl/α,β-unsaturated/α-hetero) is 1. The van der Waals surface area contributed by atoms with Gasteiger partial charge in [-0.2, -0.15) is 0 Å².